The highest BCUT2D eigenvalue weighted by Gasteiger charge is 2.13. The largest absolute Gasteiger partial charge is 0.305 e. The minimum atomic E-state index is -0.119. The number of amides is 1. The molecule has 0 spiro atoms. The van der Waals surface area contributed by atoms with Gasteiger partial charge in [-0.1, -0.05) is 12.1 Å². The minimum Gasteiger partial charge on any atom is -0.305 e. The first-order valence-electron chi connectivity index (χ1n) is 5.53. The Morgan fingerprint density at radius 1 is 1.33 bits per heavy atom. The number of aromatic nitrogens is 2. The highest BCUT2D eigenvalue weighted by Crippen LogP contribution is 2.21. The molecule has 18 heavy (non-hydrogen) atoms. The Labute approximate surface area is 108 Å². The van der Waals surface area contributed by atoms with Crippen LogP contribution in [0.2, 0.25) is 0 Å². The summed E-state index contributed by atoms with van der Waals surface area (Å²) in [5.74, 6) is 0.451. The number of benzene rings is 1. The molecule has 0 saturated carbocycles. The molecule has 0 bridgehead atoms. The highest BCUT2D eigenvalue weighted by molar-refractivity contribution is 7.08. The Hall–Kier alpha value is -2.14. The average Bonchev–Trinajstić information content (AvgIpc) is 2.97. The van der Waals surface area contributed by atoms with E-state index in [9.17, 15) is 4.79 Å². The minimum absolute atomic E-state index is 0.119. The summed E-state index contributed by atoms with van der Waals surface area (Å²) in [6.45, 7) is 1.92. The monoisotopic (exact) mass is 257 g/mol. The van der Waals surface area contributed by atoms with Crippen molar-refractivity contribution in [3.05, 3.63) is 46.2 Å². The van der Waals surface area contributed by atoms with Crippen molar-refractivity contribution in [3.63, 3.8) is 0 Å². The van der Waals surface area contributed by atoms with Gasteiger partial charge in [0.2, 0.25) is 0 Å². The van der Waals surface area contributed by atoms with E-state index in [0.29, 0.717) is 11.4 Å². The third-order valence-corrected chi connectivity index (χ3v) is 3.66. The number of rotatable bonds is 2. The topological polar surface area (TPSA) is 57.8 Å². The molecule has 2 heterocycles. The van der Waals surface area contributed by atoms with Gasteiger partial charge in [-0.3, -0.25) is 9.89 Å². The predicted octanol–water partition coefficient (Wildman–Crippen LogP) is 3.19. The molecule has 0 saturated heterocycles. The Bertz CT molecular complexity index is 714. The van der Waals surface area contributed by atoms with Gasteiger partial charge in [-0.2, -0.15) is 16.4 Å². The SMILES string of the molecule is Cc1cscc1C(=O)Nc1n[nH]c2ccccc12. The Morgan fingerprint density at radius 3 is 2.94 bits per heavy atom. The van der Waals surface area contributed by atoms with Crippen LogP contribution >= 0.6 is 11.3 Å². The normalized spacial score (nSPS) is 10.7. The number of nitrogens with zero attached hydrogens (tertiary/aromatic N) is 1. The summed E-state index contributed by atoms with van der Waals surface area (Å²) < 4.78 is 0. The molecule has 2 N–H and O–H groups in total. The van der Waals surface area contributed by atoms with Crippen LogP contribution in [0, 0.1) is 6.92 Å². The number of H-pyrrole nitrogens is 1. The maximum atomic E-state index is 12.1. The van der Waals surface area contributed by atoms with Gasteiger partial charge in [-0.15, -0.1) is 0 Å². The Kier molecular flexibility index (Phi) is 2.60. The van der Waals surface area contributed by atoms with Gasteiger partial charge >= 0.3 is 0 Å². The van der Waals surface area contributed by atoms with Crippen molar-refractivity contribution in [2.24, 2.45) is 0 Å². The Morgan fingerprint density at radius 2 is 2.17 bits per heavy atom. The molecule has 0 unspecified atom stereocenters. The number of aryl methyl sites for hydroxylation is 1. The van der Waals surface area contributed by atoms with E-state index in [1.54, 1.807) is 0 Å². The van der Waals surface area contributed by atoms with Crippen LogP contribution < -0.4 is 5.32 Å². The second-order valence-electron chi connectivity index (χ2n) is 4.04. The molecule has 4 nitrogen and oxygen atoms in total. The molecule has 3 rings (SSSR count). The summed E-state index contributed by atoms with van der Waals surface area (Å²) in [5, 5.41) is 14.6. The predicted molar refractivity (Wildman–Crippen MR) is 73.1 cm³/mol. The van der Waals surface area contributed by atoms with E-state index in [1.165, 1.54) is 11.3 Å². The molecule has 0 fully saturated rings. The highest BCUT2D eigenvalue weighted by atomic mass is 32.1. The van der Waals surface area contributed by atoms with E-state index < -0.39 is 0 Å². The summed E-state index contributed by atoms with van der Waals surface area (Å²) in [6, 6.07) is 7.70. The smallest absolute Gasteiger partial charge is 0.257 e. The molecule has 2 aromatic heterocycles. The van der Waals surface area contributed by atoms with Gasteiger partial charge in [0.15, 0.2) is 5.82 Å². The zero-order valence-corrected chi connectivity index (χ0v) is 10.5. The van der Waals surface area contributed by atoms with Gasteiger partial charge in [-0.05, 0) is 30.0 Å². The molecule has 1 amide bonds. The fraction of sp³-hybridized carbons (Fsp3) is 0.0769. The molecule has 0 aliphatic heterocycles. The first kappa shape index (κ1) is 11.0. The van der Waals surface area contributed by atoms with Gasteiger partial charge in [0.05, 0.1) is 11.1 Å². The lowest BCUT2D eigenvalue weighted by Crippen LogP contribution is -2.12. The van der Waals surface area contributed by atoms with Crippen molar-refractivity contribution in [1.29, 1.82) is 0 Å². The van der Waals surface area contributed by atoms with E-state index in [-0.39, 0.29) is 5.91 Å². The Balaban J connectivity index is 1.93. The van der Waals surface area contributed by atoms with Gasteiger partial charge in [0.25, 0.3) is 5.91 Å². The van der Waals surface area contributed by atoms with Crippen LogP contribution in [-0.2, 0) is 0 Å². The second kappa shape index (κ2) is 4.27. The summed E-state index contributed by atoms with van der Waals surface area (Å²) in [5.41, 5.74) is 2.60. The van der Waals surface area contributed by atoms with E-state index in [0.717, 1.165) is 16.5 Å². The third-order valence-electron chi connectivity index (χ3n) is 2.80. The van der Waals surface area contributed by atoms with Crippen molar-refractivity contribution in [1.82, 2.24) is 10.2 Å². The molecule has 90 valence electrons. The quantitative estimate of drug-likeness (QED) is 0.740. The second-order valence-corrected chi connectivity index (χ2v) is 4.78. The standard InChI is InChI=1S/C13H11N3OS/c1-8-6-18-7-10(8)13(17)14-12-9-4-2-3-5-11(9)15-16-12/h2-7H,1H3,(H2,14,15,16,17). The molecule has 0 aliphatic carbocycles. The van der Waals surface area contributed by atoms with Crippen LogP contribution in [0.25, 0.3) is 10.9 Å². The lowest BCUT2D eigenvalue weighted by atomic mass is 10.2. The maximum Gasteiger partial charge on any atom is 0.257 e. The fourth-order valence-electron chi connectivity index (χ4n) is 1.83. The third kappa shape index (κ3) is 1.78. The van der Waals surface area contributed by atoms with Crippen LogP contribution in [-0.4, -0.2) is 16.1 Å². The summed E-state index contributed by atoms with van der Waals surface area (Å²) in [6.07, 6.45) is 0. The van der Waals surface area contributed by atoms with Gasteiger partial charge in [-0.25, -0.2) is 0 Å². The van der Waals surface area contributed by atoms with Crippen LogP contribution in [0.15, 0.2) is 35.0 Å². The number of aromatic amines is 1. The van der Waals surface area contributed by atoms with Crippen LogP contribution in [0.5, 0.6) is 0 Å². The number of thiophene rings is 1. The van der Waals surface area contributed by atoms with Gasteiger partial charge < -0.3 is 5.32 Å². The molecule has 1 aromatic carbocycles. The lowest BCUT2D eigenvalue weighted by molar-refractivity contribution is 0.102. The summed E-state index contributed by atoms with van der Waals surface area (Å²) in [4.78, 5) is 12.1. The molecular weight excluding hydrogens is 246 g/mol. The van der Waals surface area contributed by atoms with Crippen LogP contribution in [0.4, 0.5) is 5.82 Å². The van der Waals surface area contributed by atoms with E-state index in [1.807, 2.05) is 41.9 Å². The number of anilines is 1. The molecule has 0 atom stereocenters. The van der Waals surface area contributed by atoms with Gasteiger partial charge in [0.1, 0.15) is 0 Å². The van der Waals surface area contributed by atoms with Crippen molar-refractivity contribution in [2.45, 2.75) is 6.92 Å². The van der Waals surface area contributed by atoms with E-state index in [4.69, 9.17) is 0 Å². The summed E-state index contributed by atoms with van der Waals surface area (Å²) in [7, 11) is 0. The number of hydrogen-bond acceptors (Lipinski definition) is 3. The first-order chi connectivity index (χ1) is 8.75. The average molecular weight is 257 g/mol. The van der Waals surface area contributed by atoms with Gasteiger partial charge in [0, 0.05) is 10.8 Å². The molecule has 3 aromatic rings. The molecule has 0 aliphatic rings. The fourth-order valence-corrected chi connectivity index (χ4v) is 2.65. The number of nitrogens with one attached hydrogen (secondary N) is 2. The molecule has 5 heteroatoms. The lowest BCUT2D eigenvalue weighted by Gasteiger charge is -2.01. The van der Waals surface area contributed by atoms with E-state index >= 15 is 0 Å². The van der Waals surface area contributed by atoms with Crippen molar-refractivity contribution in [2.75, 3.05) is 5.32 Å². The van der Waals surface area contributed by atoms with Crippen molar-refractivity contribution >= 4 is 34.0 Å². The molecular formula is C13H11N3OS. The maximum absolute atomic E-state index is 12.1. The summed E-state index contributed by atoms with van der Waals surface area (Å²) >= 11 is 1.52. The first-order valence-corrected chi connectivity index (χ1v) is 6.47. The van der Waals surface area contributed by atoms with Crippen molar-refractivity contribution < 1.29 is 4.79 Å². The zero-order valence-electron chi connectivity index (χ0n) is 9.73. The number of carbonyl (C=O) groups is 1. The van der Waals surface area contributed by atoms with E-state index in [2.05, 4.69) is 15.5 Å². The van der Waals surface area contributed by atoms with Crippen LogP contribution in [0.1, 0.15) is 15.9 Å². The van der Waals surface area contributed by atoms with Crippen LogP contribution in [0.3, 0.4) is 0 Å². The number of carbonyl (C=O) groups excluding carboxylic acids is 1. The zero-order chi connectivity index (χ0) is 12.5. The number of hydrogen-bond donors (Lipinski definition) is 2. The molecule has 0 radical (unpaired) electrons. The van der Waals surface area contributed by atoms with Crippen molar-refractivity contribution in [3.8, 4) is 0 Å². The number of fused-ring (bicyclic) bond motifs is 1. The number of para-hydroxylation sites is 1.